The third kappa shape index (κ3) is 26.0. The van der Waals surface area contributed by atoms with Gasteiger partial charge in [0, 0.05) is 13.8 Å². The van der Waals surface area contributed by atoms with Crippen LogP contribution in [0.25, 0.3) is 0 Å². The van der Waals surface area contributed by atoms with Crippen LogP contribution < -0.4 is 0 Å². The molecule has 0 aliphatic heterocycles. The summed E-state index contributed by atoms with van der Waals surface area (Å²) in [6.45, 7) is 7.23. The van der Waals surface area contributed by atoms with Gasteiger partial charge in [0.15, 0.2) is 0 Å². The summed E-state index contributed by atoms with van der Waals surface area (Å²) < 4.78 is 4.64. The SMILES string of the molecule is CC(=O)O.CCCCOC(C)=O.Cc1ccccc1. The molecule has 0 heterocycles. The number of benzene rings is 1. The van der Waals surface area contributed by atoms with E-state index in [4.69, 9.17) is 9.90 Å². The minimum Gasteiger partial charge on any atom is -0.481 e. The van der Waals surface area contributed by atoms with Crippen molar-refractivity contribution in [1.29, 1.82) is 0 Å². The first kappa shape index (κ1) is 19.5. The summed E-state index contributed by atoms with van der Waals surface area (Å²) in [5.74, 6) is -1.02. The Morgan fingerprint density at radius 3 is 1.89 bits per heavy atom. The molecule has 1 rings (SSSR count). The molecule has 0 atom stereocenters. The lowest BCUT2D eigenvalue weighted by Crippen LogP contribution is -1.99. The van der Waals surface area contributed by atoms with E-state index in [1.807, 2.05) is 18.2 Å². The highest BCUT2D eigenvalue weighted by Crippen LogP contribution is 1.92. The fourth-order valence-electron chi connectivity index (χ4n) is 0.895. The highest BCUT2D eigenvalue weighted by molar-refractivity contribution is 5.65. The molecule has 0 saturated heterocycles. The van der Waals surface area contributed by atoms with Gasteiger partial charge in [0.2, 0.25) is 0 Å². The largest absolute Gasteiger partial charge is 0.481 e. The van der Waals surface area contributed by atoms with Crippen LogP contribution in [0.5, 0.6) is 0 Å². The van der Waals surface area contributed by atoms with Crippen LogP contribution >= 0.6 is 0 Å². The van der Waals surface area contributed by atoms with Gasteiger partial charge in [-0.15, -0.1) is 0 Å². The molecule has 1 aromatic carbocycles. The van der Waals surface area contributed by atoms with E-state index in [1.165, 1.54) is 12.5 Å². The van der Waals surface area contributed by atoms with Crippen LogP contribution in [0.3, 0.4) is 0 Å². The highest BCUT2D eigenvalue weighted by atomic mass is 16.5. The maximum atomic E-state index is 10.1. The topological polar surface area (TPSA) is 63.6 Å². The lowest BCUT2D eigenvalue weighted by Gasteiger charge is -1.96. The molecule has 0 aliphatic carbocycles. The Balaban J connectivity index is 0. The molecule has 0 amide bonds. The van der Waals surface area contributed by atoms with E-state index in [0.717, 1.165) is 19.8 Å². The average Bonchev–Trinajstić information content (AvgIpc) is 2.30. The normalized spacial score (nSPS) is 8.21. The summed E-state index contributed by atoms with van der Waals surface area (Å²) in [7, 11) is 0. The molecule has 4 nitrogen and oxygen atoms in total. The van der Waals surface area contributed by atoms with Crippen LogP contribution in [0.4, 0.5) is 0 Å². The van der Waals surface area contributed by atoms with Crippen LogP contribution in [0.2, 0.25) is 0 Å². The number of carbonyl (C=O) groups excluding carboxylic acids is 1. The summed E-state index contributed by atoms with van der Waals surface area (Å²) >= 11 is 0. The molecule has 0 fully saturated rings. The average molecular weight is 268 g/mol. The molecular weight excluding hydrogens is 244 g/mol. The zero-order valence-electron chi connectivity index (χ0n) is 12.2. The second-order valence-electron chi connectivity index (χ2n) is 3.87. The number of rotatable bonds is 3. The third-order valence-corrected chi connectivity index (χ3v) is 1.74. The summed E-state index contributed by atoms with van der Waals surface area (Å²) in [4.78, 5) is 19.1. The molecule has 4 heteroatoms. The smallest absolute Gasteiger partial charge is 0.302 e. The van der Waals surface area contributed by atoms with Crippen LogP contribution in [-0.4, -0.2) is 23.7 Å². The molecule has 0 spiro atoms. The second-order valence-corrected chi connectivity index (χ2v) is 3.87. The quantitative estimate of drug-likeness (QED) is 0.673. The Kier molecular flexibility index (Phi) is 14.6. The number of esters is 1. The number of hydrogen-bond donors (Lipinski definition) is 1. The number of carboxylic acid groups (broad SMARTS) is 1. The van der Waals surface area contributed by atoms with E-state index < -0.39 is 5.97 Å². The van der Waals surface area contributed by atoms with Gasteiger partial charge in [-0.05, 0) is 13.3 Å². The Bertz CT molecular complexity index is 329. The molecule has 1 N–H and O–H groups in total. The lowest BCUT2D eigenvalue weighted by molar-refractivity contribution is -0.141. The van der Waals surface area contributed by atoms with Crippen molar-refractivity contribution in [1.82, 2.24) is 0 Å². The third-order valence-electron chi connectivity index (χ3n) is 1.74. The van der Waals surface area contributed by atoms with Gasteiger partial charge in [0.1, 0.15) is 0 Å². The second kappa shape index (κ2) is 14.2. The van der Waals surface area contributed by atoms with Gasteiger partial charge in [0.05, 0.1) is 6.61 Å². The van der Waals surface area contributed by atoms with Gasteiger partial charge in [-0.2, -0.15) is 0 Å². The zero-order chi connectivity index (χ0) is 15.1. The molecule has 0 radical (unpaired) electrons. The molecule has 0 saturated carbocycles. The number of ether oxygens (including phenoxy) is 1. The predicted molar refractivity (Wildman–Crippen MR) is 76.0 cm³/mol. The first-order chi connectivity index (χ1) is 8.90. The van der Waals surface area contributed by atoms with Crippen molar-refractivity contribution in [3.63, 3.8) is 0 Å². The number of carbonyl (C=O) groups is 2. The van der Waals surface area contributed by atoms with Crippen LogP contribution in [0, 0.1) is 6.92 Å². The van der Waals surface area contributed by atoms with Crippen molar-refractivity contribution in [2.45, 2.75) is 40.5 Å². The molecule has 0 aliphatic rings. The number of aliphatic carboxylic acids is 1. The first-order valence-electron chi connectivity index (χ1n) is 6.24. The predicted octanol–water partition coefficient (Wildman–Crippen LogP) is 3.44. The fourth-order valence-corrected chi connectivity index (χ4v) is 0.895. The Morgan fingerprint density at radius 2 is 1.63 bits per heavy atom. The summed E-state index contributed by atoms with van der Waals surface area (Å²) in [5, 5.41) is 7.42. The van der Waals surface area contributed by atoms with Gasteiger partial charge in [-0.25, -0.2) is 0 Å². The monoisotopic (exact) mass is 268 g/mol. The highest BCUT2D eigenvalue weighted by Gasteiger charge is 1.88. The Morgan fingerprint density at radius 1 is 1.16 bits per heavy atom. The maximum Gasteiger partial charge on any atom is 0.302 e. The van der Waals surface area contributed by atoms with E-state index in [-0.39, 0.29) is 5.97 Å². The van der Waals surface area contributed by atoms with Crippen molar-refractivity contribution < 1.29 is 19.4 Å². The number of carboxylic acids is 1. The molecule has 0 bridgehead atoms. The maximum absolute atomic E-state index is 10.1. The number of aryl methyl sites for hydroxylation is 1. The van der Waals surface area contributed by atoms with Gasteiger partial charge in [-0.3, -0.25) is 9.59 Å². The lowest BCUT2D eigenvalue weighted by atomic mass is 10.2. The molecule has 108 valence electrons. The van der Waals surface area contributed by atoms with E-state index in [0.29, 0.717) is 6.61 Å². The Labute approximate surface area is 115 Å². The fraction of sp³-hybridized carbons (Fsp3) is 0.467. The molecule has 0 unspecified atom stereocenters. The minimum atomic E-state index is -0.833. The van der Waals surface area contributed by atoms with Crippen LogP contribution in [-0.2, 0) is 14.3 Å². The Hall–Kier alpha value is -1.84. The molecular formula is C15H24O4. The first-order valence-corrected chi connectivity index (χ1v) is 6.24. The van der Waals surface area contributed by atoms with Gasteiger partial charge in [0.25, 0.3) is 5.97 Å². The van der Waals surface area contributed by atoms with Crippen molar-refractivity contribution >= 4 is 11.9 Å². The van der Waals surface area contributed by atoms with Gasteiger partial charge in [-0.1, -0.05) is 49.2 Å². The van der Waals surface area contributed by atoms with E-state index in [1.54, 1.807) is 0 Å². The standard InChI is InChI=1S/C7H8.C6H12O2.C2H4O2/c1-7-5-3-2-4-6-7;1-3-4-5-8-6(2)7;1-2(3)4/h2-6H,1H3;3-5H2,1-2H3;1H3,(H,3,4). The van der Waals surface area contributed by atoms with Crippen molar-refractivity contribution in [3.8, 4) is 0 Å². The van der Waals surface area contributed by atoms with Crippen LogP contribution in [0.1, 0.15) is 39.2 Å². The van der Waals surface area contributed by atoms with E-state index >= 15 is 0 Å². The van der Waals surface area contributed by atoms with Gasteiger partial charge < -0.3 is 9.84 Å². The molecule has 0 aromatic heterocycles. The van der Waals surface area contributed by atoms with Gasteiger partial charge >= 0.3 is 5.97 Å². The van der Waals surface area contributed by atoms with Crippen molar-refractivity contribution in [2.75, 3.05) is 6.61 Å². The summed E-state index contributed by atoms with van der Waals surface area (Å²) in [6.07, 6.45) is 2.05. The summed E-state index contributed by atoms with van der Waals surface area (Å²) in [5.41, 5.74) is 1.32. The number of hydrogen-bond acceptors (Lipinski definition) is 3. The summed E-state index contributed by atoms with van der Waals surface area (Å²) in [6, 6.07) is 10.3. The minimum absolute atomic E-state index is 0.182. The van der Waals surface area contributed by atoms with Crippen LogP contribution in [0.15, 0.2) is 30.3 Å². The molecule has 19 heavy (non-hydrogen) atoms. The molecule has 1 aromatic rings. The zero-order valence-corrected chi connectivity index (χ0v) is 12.2. The number of unbranched alkanes of at least 4 members (excludes halogenated alkanes) is 1. The van der Waals surface area contributed by atoms with Crippen molar-refractivity contribution in [2.24, 2.45) is 0 Å². The van der Waals surface area contributed by atoms with Crippen molar-refractivity contribution in [3.05, 3.63) is 35.9 Å². The van der Waals surface area contributed by atoms with E-state index in [2.05, 4.69) is 30.7 Å². The van der Waals surface area contributed by atoms with E-state index in [9.17, 15) is 4.79 Å².